The molecule has 0 spiro atoms. The maximum atomic E-state index is 9.77. The van der Waals surface area contributed by atoms with Crippen LogP contribution in [0.5, 0.6) is 0 Å². The molecule has 0 aromatic heterocycles. The van der Waals surface area contributed by atoms with Gasteiger partial charge in [-0.25, -0.2) is 0 Å². The van der Waals surface area contributed by atoms with Crippen LogP contribution in [-0.4, -0.2) is 24.9 Å². The first-order chi connectivity index (χ1) is 12.9. The Morgan fingerprint density at radius 3 is 2.70 bits per heavy atom. The van der Waals surface area contributed by atoms with Crippen molar-refractivity contribution in [2.75, 3.05) is 13.7 Å². The zero-order chi connectivity index (χ0) is 19.6. The lowest BCUT2D eigenvalue weighted by Crippen LogP contribution is -2.36. The second-order valence-electron chi connectivity index (χ2n) is 10.0. The molecule has 0 aliphatic heterocycles. The molecule has 1 unspecified atom stereocenters. The molecule has 1 N–H and O–H groups in total. The van der Waals surface area contributed by atoms with Crippen LogP contribution in [0.25, 0.3) is 0 Å². The van der Waals surface area contributed by atoms with Crippen molar-refractivity contribution in [2.24, 2.45) is 35.0 Å². The molecule has 2 nitrogen and oxygen atoms in total. The molecule has 0 amide bonds. The second-order valence-corrected chi connectivity index (χ2v) is 10.0. The van der Waals surface area contributed by atoms with Gasteiger partial charge in [0.2, 0.25) is 0 Å². The lowest BCUT2D eigenvalue weighted by molar-refractivity contribution is 0.00500. The van der Waals surface area contributed by atoms with Crippen LogP contribution in [0.3, 0.4) is 0 Å². The van der Waals surface area contributed by atoms with Crippen LogP contribution >= 0.6 is 0 Å². The van der Waals surface area contributed by atoms with Gasteiger partial charge < -0.3 is 9.84 Å². The van der Waals surface area contributed by atoms with Crippen molar-refractivity contribution in [2.45, 2.75) is 85.2 Å². The van der Waals surface area contributed by atoms with E-state index in [0.29, 0.717) is 17.3 Å². The summed E-state index contributed by atoms with van der Waals surface area (Å²) < 4.78 is 5.72. The van der Waals surface area contributed by atoms with Crippen LogP contribution in [0.4, 0.5) is 0 Å². The molecule has 7 atom stereocenters. The number of ether oxygens (including phenoxy) is 1. The highest BCUT2D eigenvalue weighted by molar-refractivity contribution is 5.26. The smallest absolute Gasteiger partial charge is 0.0637 e. The number of fused-ring (bicyclic) bond motifs is 1. The van der Waals surface area contributed by atoms with Crippen LogP contribution in [0.1, 0.15) is 79.1 Å². The first-order valence-corrected chi connectivity index (χ1v) is 11.5. The number of hydrogen-bond donors (Lipinski definition) is 1. The van der Waals surface area contributed by atoms with Crippen molar-refractivity contribution in [3.63, 3.8) is 0 Å². The molecular weight excluding hydrogens is 332 g/mol. The van der Waals surface area contributed by atoms with Crippen LogP contribution in [0.15, 0.2) is 23.3 Å². The number of aliphatic hydroxyl groups excluding tert-OH is 1. The maximum Gasteiger partial charge on any atom is 0.0637 e. The fourth-order valence-electron chi connectivity index (χ4n) is 6.74. The third-order valence-corrected chi connectivity index (χ3v) is 8.76. The van der Waals surface area contributed by atoms with E-state index in [9.17, 15) is 5.11 Å². The largest absolute Gasteiger partial charge is 0.396 e. The van der Waals surface area contributed by atoms with Gasteiger partial charge in [-0.2, -0.15) is 0 Å². The summed E-state index contributed by atoms with van der Waals surface area (Å²) in [7, 11) is 1.82. The Morgan fingerprint density at radius 1 is 1.26 bits per heavy atom. The fraction of sp³-hybridized carbons (Fsp3) is 0.840. The van der Waals surface area contributed by atoms with Crippen LogP contribution < -0.4 is 0 Å². The van der Waals surface area contributed by atoms with Gasteiger partial charge in [0.05, 0.1) is 6.10 Å². The fourth-order valence-corrected chi connectivity index (χ4v) is 6.74. The molecular formula is C25H42O2. The van der Waals surface area contributed by atoms with Gasteiger partial charge in [0.25, 0.3) is 0 Å². The summed E-state index contributed by atoms with van der Waals surface area (Å²) in [6.45, 7) is 9.92. The third-order valence-electron chi connectivity index (χ3n) is 8.76. The van der Waals surface area contributed by atoms with Gasteiger partial charge in [0.15, 0.2) is 0 Å². The van der Waals surface area contributed by atoms with Gasteiger partial charge in [-0.3, -0.25) is 0 Å². The lowest BCUT2D eigenvalue weighted by Gasteiger charge is -2.44. The highest BCUT2D eigenvalue weighted by Gasteiger charge is 2.50. The minimum Gasteiger partial charge on any atom is -0.396 e. The summed E-state index contributed by atoms with van der Waals surface area (Å²) in [6.07, 6.45) is 15.3. The average Bonchev–Trinajstić information content (AvgIpc) is 3.04. The van der Waals surface area contributed by atoms with E-state index in [2.05, 4.69) is 39.8 Å². The molecule has 0 radical (unpaired) electrons. The van der Waals surface area contributed by atoms with Crippen molar-refractivity contribution in [3.05, 3.63) is 23.3 Å². The van der Waals surface area contributed by atoms with Crippen LogP contribution in [-0.2, 0) is 4.74 Å². The Hall–Kier alpha value is -0.600. The summed E-state index contributed by atoms with van der Waals surface area (Å²) in [5, 5.41) is 9.77. The molecule has 3 rings (SSSR count). The molecule has 27 heavy (non-hydrogen) atoms. The topological polar surface area (TPSA) is 29.5 Å². The molecule has 0 aromatic carbocycles. The molecule has 3 aliphatic rings. The number of hydrogen-bond acceptors (Lipinski definition) is 2. The predicted octanol–water partition coefficient (Wildman–Crippen LogP) is 6.16. The maximum absolute atomic E-state index is 9.77. The van der Waals surface area contributed by atoms with Gasteiger partial charge in [0, 0.05) is 13.7 Å². The molecule has 3 saturated carbocycles. The quantitative estimate of drug-likeness (QED) is 0.625. The van der Waals surface area contributed by atoms with E-state index in [1.54, 1.807) is 5.57 Å². The molecule has 3 aliphatic carbocycles. The molecule has 2 heteroatoms. The van der Waals surface area contributed by atoms with E-state index >= 15 is 0 Å². The Bertz CT molecular complexity index is 547. The molecule has 0 aromatic rings. The SMILES string of the molecule is CC[C@H](C)C1CC[C@H]2/C(=C/C=C3/C[C@@H](CO)[C@H](C)[C@H](OC)C3)CCC[C@]12C. The minimum atomic E-state index is 0.249. The lowest BCUT2D eigenvalue weighted by atomic mass is 9.61. The second kappa shape index (κ2) is 8.82. The minimum absolute atomic E-state index is 0.249. The molecule has 0 bridgehead atoms. The van der Waals surface area contributed by atoms with E-state index in [-0.39, 0.29) is 12.7 Å². The highest BCUT2D eigenvalue weighted by Crippen LogP contribution is 2.59. The molecule has 0 heterocycles. The van der Waals surface area contributed by atoms with Gasteiger partial charge in [-0.1, -0.05) is 57.4 Å². The Labute approximate surface area is 167 Å². The molecule has 3 fully saturated rings. The summed E-state index contributed by atoms with van der Waals surface area (Å²) in [4.78, 5) is 0. The first kappa shape index (κ1) is 21.1. The number of methoxy groups -OCH3 is 1. The van der Waals surface area contributed by atoms with Gasteiger partial charge >= 0.3 is 0 Å². The van der Waals surface area contributed by atoms with Gasteiger partial charge in [-0.05, 0) is 80.0 Å². The summed E-state index contributed by atoms with van der Waals surface area (Å²) in [5.41, 5.74) is 3.69. The Balaban J connectivity index is 1.78. The van der Waals surface area contributed by atoms with Gasteiger partial charge in [-0.15, -0.1) is 0 Å². The van der Waals surface area contributed by atoms with E-state index < -0.39 is 0 Å². The van der Waals surface area contributed by atoms with E-state index in [4.69, 9.17) is 4.74 Å². The summed E-state index contributed by atoms with van der Waals surface area (Å²) >= 11 is 0. The molecule has 0 saturated heterocycles. The van der Waals surface area contributed by atoms with Crippen molar-refractivity contribution in [1.29, 1.82) is 0 Å². The number of rotatable bonds is 5. The van der Waals surface area contributed by atoms with E-state index in [1.165, 1.54) is 44.1 Å². The predicted molar refractivity (Wildman–Crippen MR) is 114 cm³/mol. The normalized spacial score (nSPS) is 43.9. The van der Waals surface area contributed by atoms with E-state index in [0.717, 1.165) is 30.6 Å². The van der Waals surface area contributed by atoms with E-state index in [1.807, 2.05) is 7.11 Å². The third kappa shape index (κ3) is 4.08. The van der Waals surface area contributed by atoms with Gasteiger partial charge in [0.1, 0.15) is 0 Å². The van der Waals surface area contributed by atoms with Crippen LogP contribution in [0.2, 0.25) is 0 Å². The summed E-state index contributed by atoms with van der Waals surface area (Å²) in [6, 6.07) is 0. The van der Waals surface area contributed by atoms with Crippen molar-refractivity contribution in [3.8, 4) is 0 Å². The molecule has 154 valence electrons. The first-order valence-electron chi connectivity index (χ1n) is 11.5. The number of aliphatic hydroxyl groups is 1. The van der Waals surface area contributed by atoms with Crippen LogP contribution in [0, 0.1) is 35.0 Å². The van der Waals surface area contributed by atoms with Crippen molar-refractivity contribution < 1.29 is 9.84 Å². The van der Waals surface area contributed by atoms with Crippen molar-refractivity contribution >= 4 is 0 Å². The number of allylic oxidation sites excluding steroid dienone is 3. The monoisotopic (exact) mass is 374 g/mol. The summed E-state index contributed by atoms with van der Waals surface area (Å²) in [5.74, 6) is 3.32. The Kier molecular flexibility index (Phi) is 6.90. The highest BCUT2D eigenvalue weighted by atomic mass is 16.5. The average molecular weight is 375 g/mol. The Morgan fingerprint density at radius 2 is 2.04 bits per heavy atom. The standard InChI is InChI=1S/C25H42O2/c1-6-17(2)22-11-12-23-20(8-7-13-25(22,23)4)10-9-19-14-21(16-26)18(3)24(15-19)27-5/h9-10,17-18,21-24,26H,6-8,11-16H2,1-5H3/b19-9-,20-10+/t17-,18-,21-,22?,23-,24+,25+/m0/s1. The van der Waals surface area contributed by atoms with Crippen molar-refractivity contribution in [1.82, 2.24) is 0 Å². The zero-order valence-corrected chi connectivity index (χ0v) is 18.3. The zero-order valence-electron chi connectivity index (χ0n) is 18.3.